The van der Waals surface area contributed by atoms with Gasteiger partial charge < -0.3 is 28.4 Å². The number of hydrogen-bond donors (Lipinski definition) is 0. The number of rotatable bonds is 8. The monoisotopic (exact) mass is 498 g/mol. The molecule has 2 aromatic carbocycles. The van der Waals surface area contributed by atoms with Crippen LogP contribution in [-0.4, -0.2) is 68.7 Å². The van der Waals surface area contributed by atoms with Crippen LogP contribution in [0.3, 0.4) is 0 Å². The third-order valence-electron chi connectivity index (χ3n) is 5.66. The number of furan rings is 1. The SMILES string of the molecule is COc1cc(C(=O)N(C)Cc2ccc(-c3ccc(Cl)cc3)o2)ccc1OCC(=O)N1CCOCC1. The van der Waals surface area contributed by atoms with Gasteiger partial charge in [0.2, 0.25) is 0 Å². The van der Waals surface area contributed by atoms with Crippen LogP contribution in [0.4, 0.5) is 0 Å². The van der Waals surface area contributed by atoms with Gasteiger partial charge in [0.15, 0.2) is 18.1 Å². The number of amides is 2. The summed E-state index contributed by atoms with van der Waals surface area (Å²) in [6.45, 7) is 2.34. The van der Waals surface area contributed by atoms with E-state index in [0.29, 0.717) is 66.5 Å². The van der Waals surface area contributed by atoms with E-state index in [2.05, 4.69) is 0 Å². The Balaban J connectivity index is 1.37. The molecule has 0 spiro atoms. The highest BCUT2D eigenvalue weighted by Gasteiger charge is 2.20. The number of hydrogen-bond acceptors (Lipinski definition) is 6. The zero-order valence-electron chi connectivity index (χ0n) is 19.7. The first kappa shape index (κ1) is 24.6. The molecule has 3 aromatic rings. The topological polar surface area (TPSA) is 81.4 Å². The average Bonchev–Trinajstić information content (AvgIpc) is 3.36. The molecular formula is C26H27ClN2O6. The van der Waals surface area contributed by atoms with Gasteiger partial charge in [0.25, 0.3) is 11.8 Å². The standard InChI is InChI=1S/C26H27ClN2O6/c1-28(16-21-8-10-22(35-21)18-3-6-20(27)7-4-18)26(31)19-5-9-23(24(15-19)32-2)34-17-25(30)29-11-13-33-14-12-29/h3-10,15H,11-14,16-17H2,1-2H3. The second-order valence-electron chi connectivity index (χ2n) is 8.08. The van der Waals surface area contributed by atoms with Crippen molar-refractivity contribution < 1.29 is 28.2 Å². The fourth-order valence-corrected chi connectivity index (χ4v) is 3.85. The summed E-state index contributed by atoms with van der Waals surface area (Å²) in [6.07, 6.45) is 0. The van der Waals surface area contributed by atoms with E-state index in [1.165, 1.54) is 7.11 Å². The molecule has 9 heteroatoms. The van der Waals surface area contributed by atoms with E-state index in [0.717, 1.165) is 5.56 Å². The average molecular weight is 499 g/mol. The van der Waals surface area contributed by atoms with Gasteiger partial charge in [-0.2, -0.15) is 0 Å². The minimum absolute atomic E-state index is 0.113. The van der Waals surface area contributed by atoms with Crippen LogP contribution in [0.2, 0.25) is 5.02 Å². The van der Waals surface area contributed by atoms with Crippen molar-refractivity contribution in [1.29, 1.82) is 0 Å². The molecule has 0 unspecified atom stereocenters. The zero-order valence-corrected chi connectivity index (χ0v) is 20.4. The molecule has 8 nitrogen and oxygen atoms in total. The summed E-state index contributed by atoms with van der Waals surface area (Å²) < 4.78 is 22.3. The summed E-state index contributed by atoms with van der Waals surface area (Å²) in [5.74, 6) is 1.80. The smallest absolute Gasteiger partial charge is 0.260 e. The van der Waals surface area contributed by atoms with Crippen molar-refractivity contribution >= 4 is 23.4 Å². The first-order chi connectivity index (χ1) is 16.9. The maximum Gasteiger partial charge on any atom is 0.260 e. The van der Waals surface area contributed by atoms with Crippen molar-refractivity contribution in [2.75, 3.05) is 47.1 Å². The minimum atomic E-state index is -0.205. The Morgan fingerprint density at radius 2 is 1.77 bits per heavy atom. The Hall–Kier alpha value is -3.49. The van der Waals surface area contributed by atoms with Crippen LogP contribution in [0.15, 0.2) is 59.0 Å². The highest BCUT2D eigenvalue weighted by atomic mass is 35.5. The number of benzene rings is 2. The summed E-state index contributed by atoms with van der Waals surface area (Å²) >= 11 is 5.95. The number of morpholine rings is 1. The third-order valence-corrected chi connectivity index (χ3v) is 5.91. The number of nitrogens with zero attached hydrogens (tertiary/aromatic N) is 2. The maximum atomic E-state index is 13.0. The predicted molar refractivity (Wildman–Crippen MR) is 131 cm³/mol. The van der Waals surface area contributed by atoms with Gasteiger partial charge in [-0.3, -0.25) is 9.59 Å². The van der Waals surface area contributed by atoms with E-state index in [4.69, 9.17) is 30.2 Å². The van der Waals surface area contributed by atoms with Gasteiger partial charge in [0.1, 0.15) is 11.5 Å². The number of carbonyl (C=O) groups excluding carboxylic acids is 2. The second-order valence-corrected chi connectivity index (χ2v) is 8.52. The Kier molecular flexibility index (Phi) is 7.94. The lowest BCUT2D eigenvalue weighted by atomic mass is 10.1. The van der Waals surface area contributed by atoms with Crippen LogP contribution >= 0.6 is 11.6 Å². The van der Waals surface area contributed by atoms with Crippen molar-refractivity contribution in [1.82, 2.24) is 9.80 Å². The molecule has 0 atom stereocenters. The molecule has 0 bridgehead atoms. The summed E-state index contributed by atoms with van der Waals surface area (Å²) in [7, 11) is 3.19. The minimum Gasteiger partial charge on any atom is -0.493 e. The van der Waals surface area contributed by atoms with E-state index in [1.54, 1.807) is 47.2 Å². The van der Waals surface area contributed by atoms with Gasteiger partial charge in [0.05, 0.1) is 26.9 Å². The van der Waals surface area contributed by atoms with Crippen LogP contribution in [-0.2, 0) is 16.1 Å². The lowest BCUT2D eigenvalue weighted by molar-refractivity contribution is -0.137. The quantitative estimate of drug-likeness (QED) is 0.465. The fourth-order valence-electron chi connectivity index (χ4n) is 3.72. The molecule has 184 valence electrons. The van der Waals surface area contributed by atoms with Crippen molar-refractivity contribution in [2.24, 2.45) is 0 Å². The zero-order chi connectivity index (χ0) is 24.8. The number of halogens is 1. The van der Waals surface area contributed by atoms with Crippen LogP contribution in [0.1, 0.15) is 16.1 Å². The summed E-state index contributed by atoms with van der Waals surface area (Å²) in [6, 6.07) is 16.0. The fraction of sp³-hybridized carbons (Fsp3) is 0.308. The summed E-state index contributed by atoms with van der Waals surface area (Å²) in [5, 5.41) is 0.654. The largest absolute Gasteiger partial charge is 0.493 e. The van der Waals surface area contributed by atoms with Crippen LogP contribution in [0, 0.1) is 0 Å². The normalized spacial score (nSPS) is 13.4. The van der Waals surface area contributed by atoms with Crippen LogP contribution in [0.5, 0.6) is 11.5 Å². The van der Waals surface area contributed by atoms with Gasteiger partial charge in [-0.1, -0.05) is 11.6 Å². The molecule has 4 rings (SSSR count). The molecule has 2 heterocycles. The molecule has 1 saturated heterocycles. The first-order valence-corrected chi connectivity index (χ1v) is 11.6. The Bertz CT molecular complexity index is 1170. The first-order valence-electron chi connectivity index (χ1n) is 11.2. The molecule has 0 radical (unpaired) electrons. The highest BCUT2D eigenvalue weighted by Crippen LogP contribution is 2.29. The van der Waals surface area contributed by atoms with Crippen molar-refractivity contribution in [2.45, 2.75) is 6.54 Å². The van der Waals surface area contributed by atoms with E-state index < -0.39 is 0 Å². The maximum absolute atomic E-state index is 13.0. The number of ether oxygens (including phenoxy) is 3. The second kappa shape index (κ2) is 11.3. The van der Waals surface area contributed by atoms with E-state index in [-0.39, 0.29) is 18.4 Å². The third kappa shape index (κ3) is 6.15. The predicted octanol–water partition coefficient (Wildman–Crippen LogP) is 4.12. The number of carbonyl (C=O) groups is 2. The van der Waals surface area contributed by atoms with Gasteiger partial charge >= 0.3 is 0 Å². The van der Waals surface area contributed by atoms with Crippen LogP contribution < -0.4 is 9.47 Å². The van der Waals surface area contributed by atoms with Crippen molar-refractivity contribution in [3.05, 3.63) is 70.9 Å². The van der Waals surface area contributed by atoms with E-state index >= 15 is 0 Å². The molecule has 1 aliphatic rings. The molecule has 1 fully saturated rings. The molecule has 2 amide bonds. The highest BCUT2D eigenvalue weighted by molar-refractivity contribution is 6.30. The molecule has 0 N–H and O–H groups in total. The van der Waals surface area contributed by atoms with Crippen LogP contribution in [0.25, 0.3) is 11.3 Å². The molecule has 0 aliphatic carbocycles. The van der Waals surface area contributed by atoms with Crippen molar-refractivity contribution in [3.8, 4) is 22.8 Å². The van der Waals surface area contributed by atoms with Gasteiger partial charge in [-0.25, -0.2) is 0 Å². The van der Waals surface area contributed by atoms with Gasteiger partial charge in [-0.15, -0.1) is 0 Å². The van der Waals surface area contributed by atoms with Gasteiger partial charge in [-0.05, 0) is 54.6 Å². The number of methoxy groups -OCH3 is 1. The molecule has 1 aromatic heterocycles. The molecule has 0 saturated carbocycles. The summed E-state index contributed by atoms with van der Waals surface area (Å²) in [5.41, 5.74) is 1.34. The lowest BCUT2D eigenvalue weighted by Crippen LogP contribution is -2.43. The van der Waals surface area contributed by atoms with Gasteiger partial charge in [0, 0.05) is 36.3 Å². The Morgan fingerprint density at radius 1 is 1.03 bits per heavy atom. The Labute approximate surface area is 208 Å². The lowest BCUT2D eigenvalue weighted by Gasteiger charge is -2.26. The van der Waals surface area contributed by atoms with E-state index in [1.807, 2.05) is 24.3 Å². The van der Waals surface area contributed by atoms with Crippen molar-refractivity contribution in [3.63, 3.8) is 0 Å². The Morgan fingerprint density at radius 3 is 2.49 bits per heavy atom. The summed E-state index contributed by atoms with van der Waals surface area (Å²) in [4.78, 5) is 28.6. The molecular weight excluding hydrogens is 472 g/mol. The molecule has 1 aliphatic heterocycles. The van der Waals surface area contributed by atoms with E-state index in [9.17, 15) is 9.59 Å². The molecule has 35 heavy (non-hydrogen) atoms.